The van der Waals surface area contributed by atoms with Gasteiger partial charge in [0.2, 0.25) is 0 Å². The predicted molar refractivity (Wildman–Crippen MR) is 139 cm³/mol. The second-order valence-electron chi connectivity index (χ2n) is 7.31. The molecule has 4 aromatic rings. The Morgan fingerprint density at radius 2 is 1.90 bits per heavy atom. The van der Waals surface area contributed by atoms with Crippen LogP contribution in [0, 0.1) is 6.92 Å². The zero-order valence-electron chi connectivity index (χ0n) is 17.1. The lowest BCUT2D eigenvalue weighted by atomic mass is 10.2. The molecule has 1 aliphatic carbocycles. The third-order valence-corrected chi connectivity index (χ3v) is 8.27. The standard InChI is InChI=1S/C21H21IN7PS/c1-12-23-20-16(24-15-7-3-4-9-17(15)31-2)11-18(26-21(20)29(12)30-22)25-19-10-13-6-5-8-14(13)27-28-19/h3-4,7,9-11,30H,5-6,8H2,1-2H3,(H2,24,25,26,28). The van der Waals surface area contributed by atoms with Crippen molar-refractivity contribution in [3.05, 3.63) is 53.5 Å². The molecule has 7 nitrogen and oxygen atoms in total. The van der Waals surface area contributed by atoms with E-state index in [4.69, 9.17) is 9.97 Å². The molecule has 0 amide bonds. The number of nitrogens with zero attached hydrogens (tertiary/aromatic N) is 5. The summed E-state index contributed by atoms with van der Waals surface area (Å²) in [7, 11) is 0. The van der Waals surface area contributed by atoms with E-state index in [-0.39, 0.29) is 0 Å². The summed E-state index contributed by atoms with van der Waals surface area (Å²) in [5.74, 6) is 2.40. The van der Waals surface area contributed by atoms with Crippen LogP contribution in [0.4, 0.5) is 23.0 Å². The molecule has 3 heterocycles. The summed E-state index contributed by atoms with van der Waals surface area (Å²) < 4.78 is 2.14. The van der Waals surface area contributed by atoms with Crippen molar-refractivity contribution in [3.8, 4) is 0 Å². The largest absolute Gasteiger partial charge is 0.353 e. The van der Waals surface area contributed by atoms with Crippen molar-refractivity contribution in [2.24, 2.45) is 0 Å². The minimum atomic E-state index is 0.512. The molecular weight excluding hydrogens is 540 g/mol. The lowest BCUT2D eigenvalue weighted by Crippen LogP contribution is -2.03. The van der Waals surface area contributed by atoms with Crippen molar-refractivity contribution in [1.82, 2.24) is 24.5 Å². The quantitative estimate of drug-likeness (QED) is 0.169. The minimum absolute atomic E-state index is 0.512. The van der Waals surface area contributed by atoms with Crippen molar-refractivity contribution in [2.75, 3.05) is 16.9 Å². The molecule has 5 rings (SSSR count). The van der Waals surface area contributed by atoms with Crippen LogP contribution in [-0.4, -0.2) is 30.8 Å². The number of nitrogens with one attached hydrogen (secondary N) is 2. The van der Waals surface area contributed by atoms with Crippen LogP contribution in [0.5, 0.6) is 0 Å². The number of pyridine rings is 1. The number of imidazole rings is 1. The van der Waals surface area contributed by atoms with Gasteiger partial charge in [-0.3, -0.25) is 4.34 Å². The van der Waals surface area contributed by atoms with Gasteiger partial charge in [0, 0.05) is 11.0 Å². The highest BCUT2D eigenvalue weighted by Gasteiger charge is 2.17. The number of anilines is 4. The normalized spacial score (nSPS) is 13.3. The lowest BCUT2D eigenvalue weighted by Gasteiger charge is -2.13. The summed E-state index contributed by atoms with van der Waals surface area (Å²) in [6.07, 6.45) is 5.82. The van der Waals surface area contributed by atoms with Crippen molar-refractivity contribution in [3.63, 3.8) is 0 Å². The van der Waals surface area contributed by atoms with Gasteiger partial charge in [-0.25, -0.2) is 9.97 Å². The topological polar surface area (TPSA) is 80.6 Å². The van der Waals surface area contributed by atoms with Gasteiger partial charge in [-0.1, -0.05) is 12.1 Å². The molecule has 0 spiro atoms. The van der Waals surface area contributed by atoms with Crippen molar-refractivity contribution in [2.45, 2.75) is 31.1 Å². The molecule has 3 aromatic heterocycles. The molecular formula is C21H21IN7PS. The van der Waals surface area contributed by atoms with E-state index < -0.39 is 0 Å². The number of aromatic nitrogens is 5. The summed E-state index contributed by atoms with van der Waals surface area (Å²) in [6, 6.07) is 12.4. The molecule has 31 heavy (non-hydrogen) atoms. The molecule has 0 saturated heterocycles. The molecule has 0 aliphatic heterocycles. The van der Waals surface area contributed by atoms with E-state index >= 15 is 0 Å². The van der Waals surface area contributed by atoms with Gasteiger partial charge in [0.25, 0.3) is 0 Å². The first-order valence-electron chi connectivity index (χ1n) is 9.95. The number of hydrogen-bond donors (Lipinski definition) is 2. The third kappa shape index (κ3) is 4.10. The first kappa shape index (κ1) is 20.9. The zero-order chi connectivity index (χ0) is 21.4. The molecule has 1 aromatic carbocycles. The van der Waals surface area contributed by atoms with Gasteiger partial charge < -0.3 is 10.6 Å². The van der Waals surface area contributed by atoms with E-state index in [2.05, 4.69) is 77.7 Å². The van der Waals surface area contributed by atoms with Gasteiger partial charge in [0.05, 0.1) is 23.4 Å². The Morgan fingerprint density at radius 1 is 1.03 bits per heavy atom. The lowest BCUT2D eigenvalue weighted by molar-refractivity contribution is 0.879. The summed E-state index contributed by atoms with van der Waals surface area (Å²) in [5.41, 5.74) is 6.08. The SMILES string of the molecule is CSc1ccccc1Nc1cc(Nc2cc3c(nn2)CCC3)nc2c1nc(C)n2PI. The smallest absolute Gasteiger partial charge is 0.168 e. The Balaban J connectivity index is 1.58. The van der Waals surface area contributed by atoms with Gasteiger partial charge in [-0.2, -0.15) is 5.10 Å². The van der Waals surface area contributed by atoms with Gasteiger partial charge in [-0.05, 0) is 78.2 Å². The zero-order valence-corrected chi connectivity index (χ0v) is 21.1. The monoisotopic (exact) mass is 561 g/mol. The summed E-state index contributed by atoms with van der Waals surface area (Å²) >= 11 is 4.08. The maximum atomic E-state index is 4.88. The summed E-state index contributed by atoms with van der Waals surface area (Å²) in [5, 5.41) is 15.7. The van der Waals surface area contributed by atoms with Crippen LogP contribution in [0.1, 0.15) is 23.5 Å². The second kappa shape index (κ2) is 8.88. The fourth-order valence-electron chi connectivity index (χ4n) is 3.83. The van der Waals surface area contributed by atoms with Crippen LogP contribution < -0.4 is 10.6 Å². The Bertz CT molecular complexity index is 1280. The van der Waals surface area contributed by atoms with Crippen molar-refractivity contribution in [1.29, 1.82) is 0 Å². The maximum Gasteiger partial charge on any atom is 0.168 e. The Labute approximate surface area is 199 Å². The van der Waals surface area contributed by atoms with Gasteiger partial charge >= 0.3 is 0 Å². The van der Waals surface area contributed by atoms with E-state index in [0.29, 0.717) is 6.37 Å². The Kier molecular flexibility index (Phi) is 5.99. The number of fused-ring (bicyclic) bond motifs is 2. The Morgan fingerprint density at radius 3 is 2.74 bits per heavy atom. The molecule has 2 N–H and O–H groups in total. The highest BCUT2D eigenvalue weighted by Crippen LogP contribution is 2.37. The average Bonchev–Trinajstić information content (AvgIpc) is 3.37. The van der Waals surface area contributed by atoms with E-state index in [1.54, 1.807) is 11.8 Å². The fraction of sp³-hybridized carbons (Fsp3) is 0.238. The molecule has 1 unspecified atom stereocenters. The summed E-state index contributed by atoms with van der Waals surface area (Å²) in [6.45, 7) is 2.02. The van der Waals surface area contributed by atoms with Crippen LogP contribution in [0.15, 0.2) is 41.3 Å². The van der Waals surface area contributed by atoms with E-state index in [1.165, 1.54) is 10.5 Å². The van der Waals surface area contributed by atoms with Crippen molar-refractivity contribution >= 4 is 74.4 Å². The van der Waals surface area contributed by atoms with Crippen molar-refractivity contribution < 1.29 is 0 Å². The molecule has 10 heteroatoms. The highest BCUT2D eigenvalue weighted by atomic mass is 127. The van der Waals surface area contributed by atoms with Gasteiger partial charge in [0.1, 0.15) is 17.2 Å². The Hall–Kier alpha value is -1.97. The number of thioether (sulfide) groups is 1. The molecule has 0 fully saturated rings. The number of halogens is 1. The van der Waals surface area contributed by atoms with Crippen LogP contribution >= 0.6 is 40.2 Å². The molecule has 158 valence electrons. The number of benzene rings is 1. The van der Waals surface area contributed by atoms with E-state index in [9.17, 15) is 0 Å². The first-order chi connectivity index (χ1) is 15.2. The average molecular weight is 561 g/mol. The van der Waals surface area contributed by atoms with E-state index in [0.717, 1.165) is 65.0 Å². The van der Waals surface area contributed by atoms with Crippen LogP contribution in [0.3, 0.4) is 0 Å². The maximum absolute atomic E-state index is 4.88. The molecule has 0 bridgehead atoms. The third-order valence-electron chi connectivity index (χ3n) is 5.32. The number of hydrogen-bond acceptors (Lipinski definition) is 7. The first-order valence-corrected chi connectivity index (χ1v) is 15.2. The molecule has 1 atom stereocenters. The molecule has 1 aliphatic rings. The van der Waals surface area contributed by atoms with E-state index in [1.807, 2.05) is 19.1 Å². The number of rotatable bonds is 6. The van der Waals surface area contributed by atoms with Crippen LogP contribution in [-0.2, 0) is 12.8 Å². The highest BCUT2D eigenvalue weighted by molar-refractivity contribution is 14.2. The predicted octanol–water partition coefficient (Wildman–Crippen LogP) is 6.02. The second-order valence-corrected chi connectivity index (χ2v) is 10.2. The number of para-hydroxylation sites is 1. The van der Waals surface area contributed by atoms with Crippen LogP contribution in [0.25, 0.3) is 11.2 Å². The molecule has 0 saturated carbocycles. The minimum Gasteiger partial charge on any atom is -0.353 e. The number of aryl methyl sites for hydroxylation is 3. The van der Waals surface area contributed by atoms with Gasteiger partial charge in [-0.15, -0.1) is 16.9 Å². The summed E-state index contributed by atoms with van der Waals surface area (Å²) in [4.78, 5) is 10.9. The fourth-order valence-corrected chi connectivity index (χ4v) is 6.53. The molecule has 0 radical (unpaired) electrons. The van der Waals surface area contributed by atoms with Crippen LogP contribution in [0.2, 0.25) is 0 Å². The van der Waals surface area contributed by atoms with Gasteiger partial charge in [0.15, 0.2) is 11.5 Å².